The third-order valence-corrected chi connectivity index (χ3v) is 5.30. The molecule has 0 N–H and O–H groups in total. The Kier molecular flexibility index (Phi) is 6.35. The molecule has 8 heteroatoms. The lowest BCUT2D eigenvalue weighted by molar-refractivity contribution is -0.152. The molecule has 2 aromatic carbocycles. The van der Waals surface area contributed by atoms with Crippen molar-refractivity contribution in [3.05, 3.63) is 54.4 Å². The standard InChI is InChI=1S/C23H25N3O5/c1-29-20-9-5-3-7-18(20)25-12-14-26(15-13-25)22(27)16-30-23(28)11-10-21-24-17-6-2-4-8-19(17)31-21/h2-9H,10-16H2,1H3. The van der Waals surface area contributed by atoms with Crippen LogP contribution in [0.15, 0.2) is 52.9 Å². The second kappa shape index (κ2) is 9.51. The number of amides is 1. The first kappa shape index (κ1) is 20.7. The maximum Gasteiger partial charge on any atom is 0.306 e. The second-order valence-electron chi connectivity index (χ2n) is 7.28. The molecule has 2 heterocycles. The van der Waals surface area contributed by atoms with Crippen LogP contribution in [0.25, 0.3) is 11.1 Å². The molecule has 3 aromatic rings. The Morgan fingerprint density at radius 2 is 1.77 bits per heavy atom. The molecule has 0 bridgehead atoms. The molecule has 1 aromatic heterocycles. The van der Waals surface area contributed by atoms with E-state index < -0.39 is 5.97 Å². The highest BCUT2D eigenvalue weighted by atomic mass is 16.5. The number of para-hydroxylation sites is 4. The molecule has 0 spiro atoms. The topological polar surface area (TPSA) is 85.1 Å². The molecule has 0 aliphatic carbocycles. The SMILES string of the molecule is COc1ccccc1N1CCN(C(=O)COC(=O)CCc2nc3ccccc3o2)CC1. The van der Waals surface area contributed by atoms with Gasteiger partial charge in [-0.2, -0.15) is 0 Å². The summed E-state index contributed by atoms with van der Waals surface area (Å²) < 4.78 is 16.2. The number of hydrogen-bond donors (Lipinski definition) is 0. The molecule has 0 atom stereocenters. The minimum Gasteiger partial charge on any atom is -0.495 e. The lowest BCUT2D eigenvalue weighted by atomic mass is 10.2. The predicted molar refractivity (Wildman–Crippen MR) is 115 cm³/mol. The largest absolute Gasteiger partial charge is 0.495 e. The maximum atomic E-state index is 12.4. The molecule has 162 valence electrons. The molecule has 0 saturated carbocycles. The van der Waals surface area contributed by atoms with Crippen LogP contribution < -0.4 is 9.64 Å². The molecule has 0 unspecified atom stereocenters. The average molecular weight is 423 g/mol. The number of nitrogens with zero attached hydrogens (tertiary/aromatic N) is 3. The molecular weight excluding hydrogens is 398 g/mol. The summed E-state index contributed by atoms with van der Waals surface area (Å²) in [5.74, 6) is 0.672. The molecule has 1 saturated heterocycles. The van der Waals surface area contributed by atoms with Crippen molar-refractivity contribution in [1.82, 2.24) is 9.88 Å². The predicted octanol–water partition coefficient (Wildman–Crippen LogP) is 2.66. The first-order valence-electron chi connectivity index (χ1n) is 10.3. The number of esters is 1. The van der Waals surface area contributed by atoms with E-state index in [0.29, 0.717) is 44.1 Å². The summed E-state index contributed by atoms with van der Waals surface area (Å²) in [4.78, 5) is 32.7. The van der Waals surface area contributed by atoms with Gasteiger partial charge in [0.1, 0.15) is 11.3 Å². The minimum absolute atomic E-state index is 0.113. The summed E-state index contributed by atoms with van der Waals surface area (Å²) >= 11 is 0. The van der Waals surface area contributed by atoms with E-state index in [2.05, 4.69) is 9.88 Å². The monoisotopic (exact) mass is 423 g/mol. The molecule has 1 amide bonds. The van der Waals surface area contributed by atoms with Crippen LogP contribution in [0.3, 0.4) is 0 Å². The number of aromatic nitrogens is 1. The van der Waals surface area contributed by atoms with Gasteiger partial charge in [0, 0.05) is 32.6 Å². The van der Waals surface area contributed by atoms with Crippen molar-refractivity contribution in [2.24, 2.45) is 0 Å². The Balaban J connectivity index is 1.20. The van der Waals surface area contributed by atoms with Crippen molar-refractivity contribution < 1.29 is 23.5 Å². The number of benzene rings is 2. The molecule has 0 radical (unpaired) electrons. The van der Waals surface area contributed by atoms with Crippen LogP contribution in [0.1, 0.15) is 12.3 Å². The number of hydrogen-bond acceptors (Lipinski definition) is 7. The molecule has 1 fully saturated rings. The Morgan fingerprint density at radius 1 is 1.03 bits per heavy atom. The molecular formula is C23H25N3O5. The fraction of sp³-hybridized carbons (Fsp3) is 0.348. The fourth-order valence-corrected chi connectivity index (χ4v) is 3.63. The lowest BCUT2D eigenvalue weighted by Crippen LogP contribution is -2.50. The summed E-state index contributed by atoms with van der Waals surface area (Å²) in [7, 11) is 1.65. The number of carbonyl (C=O) groups excluding carboxylic acids is 2. The van der Waals surface area contributed by atoms with Gasteiger partial charge in [0.15, 0.2) is 18.1 Å². The zero-order valence-corrected chi connectivity index (χ0v) is 17.5. The Bertz CT molecular complexity index is 1020. The quantitative estimate of drug-likeness (QED) is 0.540. The maximum absolute atomic E-state index is 12.4. The number of oxazole rings is 1. The average Bonchev–Trinajstić information content (AvgIpc) is 3.24. The van der Waals surface area contributed by atoms with E-state index in [1.165, 1.54) is 0 Å². The van der Waals surface area contributed by atoms with Gasteiger partial charge in [-0.15, -0.1) is 0 Å². The highest BCUT2D eigenvalue weighted by Gasteiger charge is 2.23. The number of anilines is 1. The van der Waals surface area contributed by atoms with Gasteiger partial charge in [-0.25, -0.2) is 4.98 Å². The summed E-state index contributed by atoms with van der Waals surface area (Å²) in [5, 5.41) is 0. The Hall–Kier alpha value is -3.55. The molecule has 4 rings (SSSR count). The number of piperazine rings is 1. The second-order valence-corrected chi connectivity index (χ2v) is 7.28. The number of fused-ring (bicyclic) bond motifs is 1. The van der Waals surface area contributed by atoms with E-state index in [0.717, 1.165) is 17.0 Å². The normalized spacial score (nSPS) is 14.0. The molecule has 8 nitrogen and oxygen atoms in total. The third-order valence-electron chi connectivity index (χ3n) is 5.30. The first-order valence-corrected chi connectivity index (χ1v) is 10.3. The van der Waals surface area contributed by atoms with Crippen LogP contribution in [-0.2, 0) is 20.7 Å². The van der Waals surface area contributed by atoms with Crippen LogP contribution in [0.4, 0.5) is 5.69 Å². The van der Waals surface area contributed by atoms with Gasteiger partial charge in [0.25, 0.3) is 5.91 Å². The molecule has 1 aliphatic rings. The van der Waals surface area contributed by atoms with Crippen molar-refractivity contribution in [1.29, 1.82) is 0 Å². The zero-order valence-electron chi connectivity index (χ0n) is 17.5. The highest BCUT2D eigenvalue weighted by molar-refractivity contribution is 5.81. The zero-order chi connectivity index (χ0) is 21.6. The summed E-state index contributed by atoms with van der Waals surface area (Å²) in [6, 6.07) is 15.3. The van der Waals surface area contributed by atoms with Crippen LogP contribution in [-0.4, -0.2) is 61.7 Å². The van der Waals surface area contributed by atoms with Crippen LogP contribution in [0, 0.1) is 0 Å². The fourth-order valence-electron chi connectivity index (χ4n) is 3.63. The summed E-state index contributed by atoms with van der Waals surface area (Å²) in [5.41, 5.74) is 2.46. The van der Waals surface area contributed by atoms with E-state index in [1.54, 1.807) is 12.0 Å². The Labute approximate surface area is 180 Å². The van der Waals surface area contributed by atoms with Crippen molar-refractivity contribution in [2.75, 3.05) is 44.8 Å². The van der Waals surface area contributed by atoms with Gasteiger partial charge in [-0.3, -0.25) is 9.59 Å². The lowest BCUT2D eigenvalue weighted by Gasteiger charge is -2.36. The van der Waals surface area contributed by atoms with E-state index in [4.69, 9.17) is 13.9 Å². The van der Waals surface area contributed by atoms with E-state index in [9.17, 15) is 9.59 Å². The van der Waals surface area contributed by atoms with Gasteiger partial charge in [-0.05, 0) is 24.3 Å². The van der Waals surface area contributed by atoms with E-state index in [1.807, 2.05) is 48.5 Å². The first-order chi connectivity index (χ1) is 15.1. The summed E-state index contributed by atoms with van der Waals surface area (Å²) in [6.45, 7) is 2.27. The van der Waals surface area contributed by atoms with Crippen molar-refractivity contribution in [3.63, 3.8) is 0 Å². The van der Waals surface area contributed by atoms with Gasteiger partial charge in [0.2, 0.25) is 0 Å². The third kappa shape index (κ3) is 4.96. The van der Waals surface area contributed by atoms with Crippen molar-refractivity contribution >= 4 is 28.7 Å². The van der Waals surface area contributed by atoms with Gasteiger partial charge < -0.3 is 23.7 Å². The number of ether oxygens (including phenoxy) is 2. The number of methoxy groups -OCH3 is 1. The van der Waals surface area contributed by atoms with Crippen LogP contribution in [0.2, 0.25) is 0 Å². The van der Waals surface area contributed by atoms with Crippen LogP contribution in [0.5, 0.6) is 5.75 Å². The number of carbonyl (C=O) groups is 2. The summed E-state index contributed by atoms with van der Waals surface area (Å²) in [6.07, 6.45) is 0.445. The molecule has 1 aliphatic heterocycles. The van der Waals surface area contributed by atoms with Crippen molar-refractivity contribution in [3.8, 4) is 5.75 Å². The Morgan fingerprint density at radius 3 is 2.55 bits per heavy atom. The van der Waals surface area contributed by atoms with Gasteiger partial charge in [-0.1, -0.05) is 24.3 Å². The minimum atomic E-state index is -0.441. The smallest absolute Gasteiger partial charge is 0.306 e. The number of aryl methyl sites for hydroxylation is 1. The van der Waals surface area contributed by atoms with E-state index >= 15 is 0 Å². The van der Waals surface area contributed by atoms with E-state index in [-0.39, 0.29) is 18.9 Å². The van der Waals surface area contributed by atoms with Crippen molar-refractivity contribution in [2.45, 2.75) is 12.8 Å². The van der Waals surface area contributed by atoms with Crippen LogP contribution >= 0.6 is 0 Å². The molecule has 31 heavy (non-hydrogen) atoms. The van der Waals surface area contributed by atoms with Gasteiger partial charge >= 0.3 is 5.97 Å². The van der Waals surface area contributed by atoms with Gasteiger partial charge in [0.05, 0.1) is 19.2 Å². The highest BCUT2D eigenvalue weighted by Crippen LogP contribution is 2.28. The number of rotatable bonds is 7.